The van der Waals surface area contributed by atoms with Gasteiger partial charge in [0, 0.05) is 27.2 Å². The monoisotopic (exact) mass is 180 g/mol. The van der Waals surface area contributed by atoms with Gasteiger partial charge in [-0.3, -0.25) is 0 Å². The van der Waals surface area contributed by atoms with Gasteiger partial charge < -0.3 is 0 Å². The lowest BCUT2D eigenvalue weighted by Crippen LogP contribution is -2.41. The molecule has 0 spiro atoms. The molecule has 0 amide bonds. The summed E-state index contributed by atoms with van der Waals surface area (Å²) < 4.78 is 25.2. The second-order valence-corrected chi connectivity index (χ2v) is 5.10. The van der Waals surface area contributed by atoms with Gasteiger partial charge in [0.15, 0.2) is 0 Å². The first-order valence-electron chi connectivity index (χ1n) is 3.45. The molecular weight excluding hydrogens is 164 g/mol. The molecule has 11 heavy (non-hydrogen) atoms. The van der Waals surface area contributed by atoms with Crippen molar-refractivity contribution in [2.75, 3.05) is 21.1 Å². The third-order valence-corrected chi connectivity index (χ3v) is 3.62. The lowest BCUT2D eigenvalue weighted by Gasteiger charge is -2.24. The van der Waals surface area contributed by atoms with Crippen LogP contribution in [-0.2, 0) is 10.2 Å². The van der Waals surface area contributed by atoms with Crippen LogP contribution >= 0.6 is 0 Å². The average molecular weight is 180 g/mol. The molecule has 0 aromatic carbocycles. The molecule has 0 aromatic heterocycles. The van der Waals surface area contributed by atoms with Gasteiger partial charge in [-0.25, -0.2) is 0 Å². The highest BCUT2D eigenvalue weighted by atomic mass is 32.2. The molecule has 5 heteroatoms. The molecule has 0 aromatic rings. The minimum Gasteiger partial charge on any atom is -0.195 e. The molecule has 0 atom stereocenters. The Labute approximate surface area is 69.0 Å². The highest BCUT2D eigenvalue weighted by Gasteiger charge is 2.22. The molecule has 68 valence electrons. The minimum atomic E-state index is -3.21. The molecule has 0 unspecified atom stereocenters. The van der Waals surface area contributed by atoms with E-state index in [4.69, 9.17) is 0 Å². The third kappa shape index (κ3) is 2.43. The van der Waals surface area contributed by atoms with Gasteiger partial charge in [-0.15, -0.1) is 0 Å². The first-order valence-corrected chi connectivity index (χ1v) is 4.85. The fourth-order valence-corrected chi connectivity index (χ4v) is 1.57. The van der Waals surface area contributed by atoms with Gasteiger partial charge >= 0.3 is 0 Å². The maximum Gasteiger partial charge on any atom is 0.281 e. The normalized spacial score (nSPS) is 13.5. The molecule has 0 heterocycles. The molecule has 0 rings (SSSR count). The van der Waals surface area contributed by atoms with Crippen LogP contribution < -0.4 is 0 Å². The Kier molecular flexibility index (Phi) is 3.47. The summed E-state index contributed by atoms with van der Waals surface area (Å²) in [6.07, 6.45) is 0. The molecule has 0 aliphatic heterocycles. The Hall–Kier alpha value is -0.130. The highest BCUT2D eigenvalue weighted by molar-refractivity contribution is 7.86. The van der Waals surface area contributed by atoms with Crippen LogP contribution in [0.2, 0.25) is 0 Å². The van der Waals surface area contributed by atoms with Gasteiger partial charge in [-0.1, -0.05) is 0 Å². The first kappa shape index (κ1) is 10.9. The SMILES string of the molecule is CC(C)N(C)S(=O)(=O)N(C)C. The van der Waals surface area contributed by atoms with Crippen LogP contribution in [0.25, 0.3) is 0 Å². The van der Waals surface area contributed by atoms with E-state index in [9.17, 15) is 8.42 Å². The maximum absolute atomic E-state index is 11.3. The fraction of sp³-hybridized carbons (Fsp3) is 1.00. The molecule has 0 saturated heterocycles. The summed E-state index contributed by atoms with van der Waals surface area (Å²) in [5.41, 5.74) is 0. The molecule has 0 aliphatic carbocycles. The second kappa shape index (κ2) is 3.51. The largest absolute Gasteiger partial charge is 0.281 e. The number of rotatable bonds is 3. The minimum absolute atomic E-state index is 0.00222. The summed E-state index contributed by atoms with van der Waals surface area (Å²) in [6, 6.07) is 0.00222. The highest BCUT2D eigenvalue weighted by Crippen LogP contribution is 2.04. The van der Waals surface area contributed by atoms with E-state index in [2.05, 4.69) is 0 Å². The van der Waals surface area contributed by atoms with Crippen molar-refractivity contribution in [2.45, 2.75) is 19.9 Å². The van der Waals surface area contributed by atoms with E-state index < -0.39 is 10.2 Å². The van der Waals surface area contributed by atoms with Gasteiger partial charge in [-0.05, 0) is 13.8 Å². The first-order chi connectivity index (χ1) is 4.80. The second-order valence-electron chi connectivity index (χ2n) is 2.90. The zero-order chi connectivity index (χ0) is 9.23. The van der Waals surface area contributed by atoms with Crippen molar-refractivity contribution in [1.29, 1.82) is 0 Å². The molecule has 0 N–H and O–H groups in total. The summed E-state index contributed by atoms with van der Waals surface area (Å²) in [7, 11) is 1.40. The lowest BCUT2D eigenvalue weighted by atomic mass is 10.4. The van der Waals surface area contributed by atoms with E-state index in [0.29, 0.717) is 0 Å². The molecule has 0 saturated carbocycles. The van der Waals surface area contributed by atoms with Crippen LogP contribution in [0.4, 0.5) is 0 Å². The van der Waals surface area contributed by atoms with Crippen molar-refractivity contribution in [3.05, 3.63) is 0 Å². The Morgan fingerprint density at radius 1 is 1.09 bits per heavy atom. The predicted molar refractivity (Wildman–Crippen MR) is 45.5 cm³/mol. The van der Waals surface area contributed by atoms with Crippen LogP contribution in [0.3, 0.4) is 0 Å². The van der Waals surface area contributed by atoms with Crippen molar-refractivity contribution in [2.24, 2.45) is 0 Å². The van der Waals surface area contributed by atoms with Crippen LogP contribution in [0.15, 0.2) is 0 Å². The van der Waals surface area contributed by atoms with Crippen molar-refractivity contribution in [3.63, 3.8) is 0 Å². The smallest absolute Gasteiger partial charge is 0.195 e. The summed E-state index contributed by atoms with van der Waals surface area (Å²) in [5.74, 6) is 0. The Bertz CT molecular complexity index is 209. The number of nitrogens with zero attached hydrogens (tertiary/aromatic N) is 2. The zero-order valence-corrected chi connectivity index (χ0v) is 8.51. The van der Waals surface area contributed by atoms with Gasteiger partial charge in [-0.2, -0.15) is 17.0 Å². The van der Waals surface area contributed by atoms with Crippen molar-refractivity contribution < 1.29 is 8.42 Å². The summed E-state index contributed by atoms with van der Waals surface area (Å²) in [4.78, 5) is 0. The van der Waals surface area contributed by atoms with Crippen LogP contribution in [-0.4, -0.2) is 44.2 Å². The standard InChI is InChI=1S/C6H16N2O2S/c1-6(2)8(5)11(9,10)7(3)4/h6H,1-5H3. The van der Waals surface area contributed by atoms with E-state index in [0.717, 1.165) is 0 Å². The summed E-state index contributed by atoms with van der Waals surface area (Å²) >= 11 is 0. The van der Waals surface area contributed by atoms with Crippen LogP contribution in [0.5, 0.6) is 0 Å². The predicted octanol–water partition coefficient (Wildman–Crippen LogP) is 0.133. The fourth-order valence-electron chi connectivity index (χ4n) is 0.524. The molecule has 0 radical (unpaired) electrons. The molecule has 0 fully saturated rings. The van der Waals surface area contributed by atoms with E-state index in [-0.39, 0.29) is 6.04 Å². The van der Waals surface area contributed by atoms with Gasteiger partial charge in [0.1, 0.15) is 0 Å². The Balaban J connectivity index is 4.58. The molecule has 0 aliphatic rings. The van der Waals surface area contributed by atoms with E-state index >= 15 is 0 Å². The van der Waals surface area contributed by atoms with Crippen LogP contribution in [0.1, 0.15) is 13.8 Å². The molecule has 4 nitrogen and oxygen atoms in total. The summed E-state index contributed by atoms with van der Waals surface area (Å²) in [6.45, 7) is 3.67. The lowest BCUT2D eigenvalue weighted by molar-refractivity contribution is 0.374. The van der Waals surface area contributed by atoms with Crippen molar-refractivity contribution >= 4 is 10.2 Å². The van der Waals surface area contributed by atoms with E-state index in [1.54, 1.807) is 7.05 Å². The van der Waals surface area contributed by atoms with Gasteiger partial charge in [0.05, 0.1) is 0 Å². The summed E-state index contributed by atoms with van der Waals surface area (Å²) in [5, 5.41) is 0. The zero-order valence-electron chi connectivity index (χ0n) is 7.70. The molecule has 0 bridgehead atoms. The van der Waals surface area contributed by atoms with Crippen molar-refractivity contribution in [1.82, 2.24) is 8.61 Å². The topological polar surface area (TPSA) is 40.6 Å². The van der Waals surface area contributed by atoms with E-state index in [1.165, 1.54) is 22.7 Å². The van der Waals surface area contributed by atoms with E-state index in [1.807, 2.05) is 13.8 Å². The average Bonchev–Trinajstić information content (AvgIpc) is 1.85. The van der Waals surface area contributed by atoms with Crippen molar-refractivity contribution in [3.8, 4) is 0 Å². The quantitative estimate of drug-likeness (QED) is 0.619. The Morgan fingerprint density at radius 3 is 1.55 bits per heavy atom. The Morgan fingerprint density at radius 2 is 1.45 bits per heavy atom. The number of hydrogen-bond donors (Lipinski definition) is 0. The van der Waals surface area contributed by atoms with Crippen LogP contribution in [0, 0.1) is 0 Å². The molecular formula is C6H16N2O2S. The van der Waals surface area contributed by atoms with Gasteiger partial charge in [0.2, 0.25) is 0 Å². The van der Waals surface area contributed by atoms with Gasteiger partial charge in [0.25, 0.3) is 10.2 Å². The third-order valence-electron chi connectivity index (χ3n) is 1.55. The maximum atomic E-state index is 11.3. The number of hydrogen-bond acceptors (Lipinski definition) is 2.